The molecule has 0 bridgehead atoms. The molecule has 0 aliphatic carbocycles. The first-order valence-electron chi connectivity index (χ1n) is 12.9. The molecule has 186 valence electrons. The number of piperazine rings is 1. The van der Waals surface area contributed by atoms with Crippen molar-refractivity contribution in [1.29, 1.82) is 5.26 Å². The summed E-state index contributed by atoms with van der Waals surface area (Å²) >= 11 is 0. The van der Waals surface area contributed by atoms with Gasteiger partial charge in [0.1, 0.15) is 6.07 Å². The van der Waals surface area contributed by atoms with Gasteiger partial charge in [-0.1, -0.05) is 0 Å². The fourth-order valence-corrected chi connectivity index (χ4v) is 6.02. The molecule has 8 heteroatoms. The van der Waals surface area contributed by atoms with E-state index in [0.29, 0.717) is 11.6 Å². The Labute approximate surface area is 208 Å². The van der Waals surface area contributed by atoms with Crippen LogP contribution in [0.1, 0.15) is 32.3 Å². The van der Waals surface area contributed by atoms with Gasteiger partial charge in [-0.15, -0.1) is 0 Å². The van der Waals surface area contributed by atoms with Crippen LogP contribution in [-0.4, -0.2) is 103 Å². The molecule has 0 unspecified atom stereocenters. The summed E-state index contributed by atoms with van der Waals surface area (Å²) in [6, 6.07) is 10.9. The highest BCUT2D eigenvalue weighted by molar-refractivity contribution is 5.95. The zero-order valence-corrected chi connectivity index (χ0v) is 20.9. The molecular formula is C27H36N6O2. The van der Waals surface area contributed by atoms with Crippen LogP contribution in [0, 0.1) is 11.3 Å². The maximum Gasteiger partial charge on any atom is 0.219 e. The van der Waals surface area contributed by atoms with E-state index in [0.717, 1.165) is 75.5 Å². The first kappa shape index (κ1) is 24.0. The minimum Gasteiger partial charge on any atom is -0.370 e. The van der Waals surface area contributed by atoms with Crippen molar-refractivity contribution in [1.82, 2.24) is 19.7 Å². The van der Waals surface area contributed by atoms with Crippen LogP contribution in [0.3, 0.4) is 0 Å². The highest BCUT2D eigenvalue weighted by Crippen LogP contribution is 2.30. The summed E-state index contributed by atoms with van der Waals surface area (Å²) in [5.41, 5.74) is 2.53. The minimum atomic E-state index is 0.145. The molecule has 2 atom stereocenters. The first-order chi connectivity index (χ1) is 17.0. The number of nitriles is 1. The molecule has 4 heterocycles. The predicted octanol–water partition coefficient (Wildman–Crippen LogP) is 2.33. The van der Waals surface area contributed by atoms with Crippen molar-refractivity contribution < 1.29 is 9.53 Å². The quantitative estimate of drug-likeness (QED) is 0.670. The number of nitrogens with zero attached hydrogens (tertiary/aromatic N) is 6. The SMILES string of the molecule is CC(=O)N1CCN(C2CCN(C[C@H]3CN(c4ccc(C#N)c5ncccc45)C[C@@H](C)O3)CC2)CC1. The lowest BCUT2D eigenvalue weighted by molar-refractivity contribution is -0.131. The lowest BCUT2D eigenvalue weighted by atomic mass is 10.0. The van der Waals surface area contributed by atoms with Crippen molar-refractivity contribution in [3.05, 3.63) is 36.0 Å². The largest absolute Gasteiger partial charge is 0.370 e. The number of carbonyl (C=O) groups is 1. The maximum absolute atomic E-state index is 11.6. The zero-order valence-electron chi connectivity index (χ0n) is 20.9. The van der Waals surface area contributed by atoms with Crippen molar-refractivity contribution in [3.63, 3.8) is 0 Å². The molecule has 0 spiro atoms. The van der Waals surface area contributed by atoms with Crippen LogP contribution in [0.25, 0.3) is 10.9 Å². The number of rotatable bonds is 4. The molecular weight excluding hydrogens is 440 g/mol. The third-order valence-electron chi connectivity index (χ3n) is 7.83. The molecule has 2 aromatic rings. The Morgan fingerprint density at radius 1 is 1.11 bits per heavy atom. The van der Waals surface area contributed by atoms with Gasteiger partial charge >= 0.3 is 0 Å². The molecule has 35 heavy (non-hydrogen) atoms. The molecule has 1 aromatic heterocycles. The standard InChI is InChI=1S/C27H36N6O2/c1-20-17-33(26-6-5-22(16-28)27-25(26)4-3-9-29-27)19-24(35-20)18-30-10-7-23(8-11-30)32-14-12-31(13-15-32)21(2)34/h3-6,9,20,23-24H,7-8,10-15,17-19H2,1-2H3/t20-,24+/m1/s1. The second-order valence-corrected chi connectivity index (χ2v) is 10.2. The fourth-order valence-electron chi connectivity index (χ4n) is 6.02. The number of morpholine rings is 1. The van der Waals surface area contributed by atoms with Gasteiger partial charge in [0, 0.05) is 76.0 Å². The molecule has 1 amide bonds. The number of likely N-dealkylation sites (tertiary alicyclic amines) is 1. The average molecular weight is 477 g/mol. The van der Waals surface area contributed by atoms with E-state index in [2.05, 4.69) is 44.8 Å². The number of anilines is 1. The highest BCUT2D eigenvalue weighted by atomic mass is 16.5. The summed E-state index contributed by atoms with van der Waals surface area (Å²) in [7, 11) is 0. The average Bonchev–Trinajstić information content (AvgIpc) is 2.88. The molecule has 5 rings (SSSR count). The van der Waals surface area contributed by atoms with E-state index in [4.69, 9.17) is 4.74 Å². The van der Waals surface area contributed by atoms with Gasteiger partial charge in [0.2, 0.25) is 5.91 Å². The second-order valence-electron chi connectivity index (χ2n) is 10.2. The first-order valence-corrected chi connectivity index (χ1v) is 12.9. The number of fused-ring (bicyclic) bond motifs is 1. The van der Waals surface area contributed by atoms with E-state index in [-0.39, 0.29) is 18.1 Å². The Balaban J connectivity index is 1.19. The van der Waals surface area contributed by atoms with E-state index >= 15 is 0 Å². The van der Waals surface area contributed by atoms with Crippen LogP contribution in [0.4, 0.5) is 5.69 Å². The molecule has 3 aliphatic heterocycles. The lowest BCUT2D eigenvalue weighted by Crippen LogP contribution is -2.55. The van der Waals surface area contributed by atoms with Crippen LogP contribution in [0.2, 0.25) is 0 Å². The molecule has 3 aliphatic rings. The third-order valence-corrected chi connectivity index (χ3v) is 7.83. The topological polar surface area (TPSA) is 75.9 Å². The van der Waals surface area contributed by atoms with Gasteiger partial charge in [0.15, 0.2) is 0 Å². The van der Waals surface area contributed by atoms with Gasteiger partial charge in [-0.2, -0.15) is 5.26 Å². The van der Waals surface area contributed by atoms with Gasteiger partial charge in [-0.05, 0) is 57.1 Å². The molecule has 1 aromatic carbocycles. The number of carbonyl (C=O) groups excluding carboxylic acids is 1. The molecule has 3 fully saturated rings. The predicted molar refractivity (Wildman–Crippen MR) is 136 cm³/mol. The molecule has 0 N–H and O–H groups in total. The van der Waals surface area contributed by atoms with Crippen LogP contribution >= 0.6 is 0 Å². The number of hydrogen-bond acceptors (Lipinski definition) is 7. The van der Waals surface area contributed by atoms with Gasteiger partial charge in [-0.3, -0.25) is 14.7 Å². The Bertz CT molecular complexity index is 1080. The van der Waals surface area contributed by atoms with Gasteiger partial charge in [0.05, 0.1) is 23.3 Å². The Morgan fingerprint density at radius 3 is 2.60 bits per heavy atom. The smallest absolute Gasteiger partial charge is 0.219 e. The minimum absolute atomic E-state index is 0.145. The van der Waals surface area contributed by atoms with Gasteiger partial charge in [0.25, 0.3) is 0 Å². The number of ether oxygens (including phenoxy) is 1. The molecule has 8 nitrogen and oxygen atoms in total. The summed E-state index contributed by atoms with van der Waals surface area (Å²) in [4.78, 5) is 25.6. The van der Waals surface area contributed by atoms with Crippen LogP contribution in [0.5, 0.6) is 0 Å². The Kier molecular flexibility index (Phi) is 7.19. The summed E-state index contributed by atoms with van der Waals surface area (Å²) in [6.07, 6.45) is 4.41. The molecule has 0 saturated carbocycles. The molecule has 0 radical (unpaired) electrons. The number of hydrogen-bond donors (Lipinski definition) is 0. The number of piperidine rings is 1. The van der Waals surface area contributed by atoms with Crippen LogP contribution in [-0.2, 0) is 9.53 Å². The summed E-state index contributed by atoms with van der Waals surface area (Å²) in [5.74, 6) is 0.195. The summed E-state index contributed by atoms with van der Waals surface area (Å²) in [5, 5.41) is 10.5. The zero-order chi connectivity index (χ0) is 24.4. The van der Waals surface area contributed by atoms with E-state index in [1.54, 1.807) is 13.1 Å². The lowest BCUT2D eigenvalue weighted by Gasteiger charge is -2.44. The fraction of sp³-hybridized carbons (Fsp3) is 0.593. The van der Waals surface area contributed by atoms with Crippen LogP contribution < -0.4 is 4.90 Å². The van der Waals surface area contributed by atoms with E-state index in [1.807, 2.05) is 17.0 Å². The highest BCUT2D eigenvalue weighted by Gasteiger charge is 2.32. The van der Waals surface area contributed by atoms with Crippen molar-refractivity contribution in [3.8, 4) is 6.07 Å². The Morgan fingerprint density at radius 2 is 1.89 bits per heavy atom. The monoisotopic (exact) mass is 476 g/mol. The number of aromatic nitrogens is 1. The summed E-state index contributed by atoms with van der Waals surface area (Å²) in [6.45, 7) is 12.3. The number of amides is 1. The van der Waals surface area contributed by atoms with Crippen LogP contribution in [0.15, 0.2) is 30.5 Å². The van der Waals surface area contributed by atoms with Crippen molar-refractivity contribution in [2.24, 2.45) is 0 Å². The van der Waals surface area contributed by atoms with Gasteiger partial charge < -0.3 is 19.4 Å². The normalized spacial score (nSPS) is 25.1. The number of pyridine rings is 1. The summed E-state index contributed by atoms with van der Waals surface area (Å²) < 4.78 is 6.38. The number of benzene rings is 1. The van der Waals surface area contributed by atoms with E-state index in [1.165, 1.54) is 12.8 Å². The van der Waals surface area contributed by atoms with Crippen molar-refractivity contribution >= 4 is 22.5 Å². The molecule has 3 saturated heterocycles. The van der Waals surface area contributed by atoms with E-state index < -0.39 is 0 Å². The third kappa shape index (κ3) is 5.27. The van der Waals surface area contributed by atoms with Crippen molar-refractivity contribution in [2.75, 3.05) is 63.8 Å². The maximum atomic E-state index is 11.6. The van der Waals surface area contributed by atoms with Gasteiger partial charge in [-0.25, -0.2) is 0 Å². The Hall–Kier alpha value is -2.73. The van der Waals surface area contributed by atoms with E-state index in [9.17, 15) is 10.1 Å². The second kappa shape index (κ2) is 10.5. The van der Waals surface area contributed by atoms with Crippen molar-refractivity contribution in [2.45, 2.75) is 44.9 Å².